The molecule has 7 nitrogen and oxygen atoms in total. The number of H-pyrrole nitrogens is 1. The average Bonchev–Trinajstić information content (AvgIpc) is 2.89. The lowest BCUT2D eigenvalue weighted by Gasteiger charge is -2.29. The van der Waals surface area contributed by atoms with Crippen molar-refractivity contribution in [1.82, 2.24) is 20.4 Å². The molecule has 0 saturated carbocycles. The molecule has 2 atom stereocenters. The van der Waals surface area contributed by atoms with E-state index >= 15 is 0 Å². The van der Waals surface area contributed by atoms with Crippen molar-refractivity contribution in [1.29, 1.82) is 0 Å². The summed E-state index contributed by atoms with van der Waals surface area (Å²) < 4.78 is 1.33. The third kappa shape index (κ3) is 3.40. The van der Waals surface area contributed by atoms with Crippen molar-refractivity contribution in [2.75, 3.05) is 0 Å². The number of aryl methyl sites for hydroxylation is 2. The molecule has 0 unspecified atom stereocenters. The molecule has 1 fully saturated rings. The largest absolute Gasteiger partial charge is 0.342 e. The van der Waals surface area contributed by atoms with Crippen LogP contribution in [0.25, 0.3) is 0 Å². The topological polar surface area (TPSA) is 96.0 Å². The van der Waals surface area contributed by atoms with Gasteiger partial charge in [0, 0.05) is 25.2 Å². The van der Waals surface area contributed by atoms with Crippen LogP contribution < -0.4 is 16.2 Å². The number of carbonyl (C=O) groups excluding carboxylic acids is 2. The van der Waals surface area contributed by atoms with Gasteiger partial charge in [0.05, 0.1) is 0 Å². The van der Waals surface area contributed by atoms with Gasteiger partial charge in [-0.3, -0.25) is 19.1 Å². The van der Waals surface area contributed by atoms with Gasteiger partial charge in [0.25, 0.3) is 5.56 Å². The molecule has 1 aromatic heterocycles. The Kier molecular flexibility index (Phi) is 4.50. The minimum Gasteiger partial charge on any atom is -0.342 e. The van der Waals surface area contributed by atoms with E-state index in [1.165, 1.54) is 4.68 Å². The second kappa shape index (κ2) is 6.74. The van der Waals surface area contributed by atoms with Crippen molar-refractivity contribution in [3.63, 3.8) is 0 Å². The molecule has 0 aliphatic carbocycles. The van der Waals surface area contributed by atoms with Crippen molar-refractivity contribution in [3.05, 3.63) is 58.0 Å². The number of nitrogens with one attached hydrogen (secondary N) is 3. The monoisotopic (exact) mass is 328 g/mol. The Morgan fingerprint density at radius 3 is 2.33 bits per heavy atom. The molecule has 1 aliphatic heterocycles. The normalized spacial score (nSPS) is 20.5. The molecule has 24 heavy (non-hydrogen) atoms. The van der Waals surface area contributed by atoms with Crippen LogP contribution in [0.1, 0.15) is 17.5 Å². The van der Waals surface area contributed by atoms with Crippen LogP contribution >= 0.6 is 0 Å². The lowest BCUT2D eigenvalue weighted by atomic mass is 9.99. The molecule has 126 valence electrons. The van der Waals surface area contributed by atoms with E-state index in [-0.39, 0.29) is 23.8 Å². The van der Waals surface area contributed by atoms with Gasteiger partial charge in [-0.1, -0.05) is 30.3 Å². The van der Waals surface area contributed by atoms with Crippen LogP contribution in [0.2, 0.25) is 0 Å². The second-order valence-electron chi connectivity index (χ2n) is 6.01. The zero-order valence-corrected chi connectivity index (χ0v) is 13.4. The molecule has 1 aromatic carbocycles. The van der Waals surface area contributed by atoms with Gasteiger partial charge in [-0.25, -0.2) is 0 Å². The first kappa shape index (κ1) is 16.0. The standard InChI is InChI=1S/C17H20N4O3/c1-21-17(24)12(10-18-21)9-14-16(23)19-13(15(22)20-14)8-7-11-5-3-2-4-6-11/h2-6,10,13-14,18H,7-9H2,1H3,(H,19,23)(H,20,22)/t13-,14+/m0/s1. The summed E-state index contributed by atoms with van der Waals surface area (Å²) in [4.78, 5) is 36.3. The highest BCUT2D eigenvalue weighted by molar-refractivity contribution is 5.97. The van der Waals surface area contributed by atoms with Crippen LogP contribution in [0, 0.1) is 0 Å². The van der Waals surface area contributed by atoms with E-state index in [1.807, 2.05) is 30.3 Å². The number of hydrogen-bond acceptors (Lipinski definition) is 3. The lowest BCUT2D eigenvalue weighted by molar-refractivity contribution is -0.136. The highest BCUT2D eigenvalue weighted by Gasteiger charge is 2.33. The van der Waals surface area contributed by atoms with E-state index in [1.54, 1.807) is 13.2 Å². The van der Waals surface area contributed by atoms with Crippen molar-refractivity contribution < 1.29 is 9.59 Å². The van der Waals surface area contributed by atoms with Crippen LogP contribution in [0.4, 0.5) is 0 Å². The maximum atomic E-state index is 12.2. The van der Waals surface area contributed by atoms with Crippen molar-refractivity contribution in [2.24, 2.45) is 7.05 Å². The number of piperazine rings is 1. The average molecular weight is 328 g/mol. The number of hydrogen-bond donors (Lipinski definition) is 3. The highest BCUT2D eigenvalue weighted by Crippen LogP contribution is 2.09. The Morgan fingerprint density at radius 1 is 1.00 bits per heavy atom. The van der Waals surface area contributed by atoms with Crippen LogP contribution in [0.15, 0.2) is 41.3 Å². The van der Waals surface area contributed by atoms with E-state index in [2.05, 4.69) is 15.7 Å². The maximum absolute atomic E-state index is 12.2. The summed E-state index contributed by atoms with van der Waals surface area (Å²) in [5.74, 6) is -0.459. The molecule has 0 bridgehead atoms. The molecule has 0 spiro atoms. The number of aromatic amines is 1. The Hall–Kier alpha value is -2.83. The fraction of sp³-hybridized carbons (Fsp3) is 0.353. The molecule has 3 N–H and O–H groups in total. The van der Waals surface area contributed by atoms with Crippen molar-refractivity contribution >= 4 is 11.8 Å². The summed E-state index contributed by atoms with van der Waals surface area (Å²) in [5.41, 5.74) is 1.40. The van der Waals surface area contributed by atoms with E-state index in [4.69, 9.17) is 0 Å². The molecular formula is C17H20N4O3. The lowest BCUT2D eigenvalue weighted by Crippen LogP contribution is -2.62. The zero-order chi connectivity index (χ0) is 17.1. The third-order valence-corrected chi connectivity index (χ3v) is 4.27. The molecule has 1 saturated heterocycles. The first-order valence-electron chi connectivity index (χ1n) is 7.92. The van der Waals surface area contributed by atoms with Crippen LogP contribution in [-0.4, -0.2) is 33.7 Å². The fourth-order valence-corrected chi connectivity index (χ4v) is 2.86. The number of benzene rings is 1. The van der Waals surface area contributed by atoms with Gasteiger partial charge in [0.2, 0.25) is 11.8 Å². The van der Waals surface area contributed by atoms with Gasteiger partial charge in [-0.05, 0) is 18.4 Å². The second-order valence-corrected chi connectivity index (χ2v) is 6.01. The van der Waals surface area contributed by atoms with Crippen LogP contribution in [-0.2, 0) is 29.5 Å². The van der Waals surface area contributed by atoms with E-state index in [0.29, 0.717) is 18.4 Å². The van der Waals surface area contributed by atoms with Gasteiger partial charge in [-0.2, -0.15) is 0 Å². The number of aromatic nitrogens is 2. The van der Waals surface area contributed by atoms with E-state index in [0.717, 1.165) is 5.56 Å². The van der Waals surface area contributed by atoms with Crippen LogP contribution in [0.5, 0.6) is 0 Å². The zero-order valence-electron chi connectivity index (χ0n) is 13.4. The van der Waals surface area contributed by atoms with Gasteiger partial charge in [0.1, 0.15) is 12.1 Å². The van der Waals surface area contributed by atoms with Gasteiger partial charge in [0.15, 0.2) is 0 Å². The number of nitrogens with zero attached hydrogens (tertiary/aromatic N) is 1. The molecule has 2 amide bonds. The Morgan fingerprint density at radius 2 is 1.67 bits per heavy atom. The first-order chi connectivity index (χ1) is 11.5. The third-order valence-electron chi connectivity index (χ3n) is 4.27. The maximum Gasteiger partial charge on any atom is 0.269 e. The summed E-state index contributed by atoms with van der Waals surface area (Å²) in [7, 11) is 1.60. The smallest absolute Gasteiger partial charge is 0.269 e. The summed E-state index contributed by atoms with van der Waals surface area (Å²) in [5, 5.41) is 8.25. The van der Waals surface area contributed by atoms with E-state index < -0.39 is 12.1 Å². The Labute approximate surface area is 139 Å². The first-order valence-corrected chi connectivity index (χ1v) is 7.92. The number of rotatable bonds is 5. The summed E-state index contributed by atoms with van der Waals surface area (Å²) in [6, 6.07) is 8.57. The highest BCUT2D eigenvalue weighted by atomic mass is 16.2. The molecule has 3 rings (SSSR count). The molecule has 1 aliphatic rings. The van der Waals surface area contributed by atoms with E-state index in [9.17, 15) is 14.4 Å². The Balaban J connectivity index is 1.60. The predicted octanol–water partition coefficient (Wildman–Crippen LogP) is -0.128. The fourth-order valence-electron chi connectivity index (χ4n) is 2.86. The summed E-state index contributed by atoms with van der Waals surface area (Å²) in [6.07, 6.45) is 2.99. The van der Waals surface area contributed by atoms with Crippen LogP contribution in [0.3, 0.4) is 0 Å². The number of carbonyl (C=O) groups is 2. The molecule has 2 aromatic rings. The minimum atomic E-state index is -0.714. The van der Waals surface area contributed by atoms with Gasteiger partial charge < -0.3 is 15.7 Å². The summed E-state index contributed by atoms with van der Waals surface area (Å²) in [6.45, 7) is 0. The van der Waals surface area contributed by atoms with Gasteiger partial charge >= 0.3 is 0 Å². The quantitative estimate of drug-likeness (QED) is 0.713. The van der Waals surface area contributed by atoms with Gasteiger partial charge in [-0.15, -0.1) is 0 Å². The molecule has 7 heteroatoms. The summed E-state index contributed by atoms with van der Waals surface area (Å²) >= 11 is 0. The molecular weight excluding hydrogens is 308 g/mol. The minimum absolute atomic E-state index is 0.180. The SMILES string of the molecule is Cn1[nH]cc(C[C@H]2NC(=O)[C@H](CCc3ccccc3)NC2=O)c1=O. The Bertz CT molecular complexity index is 794. The van der Waals surface area contributed by atoms with Crippen molar-refractivity contribution in [2.45, 2.75) is 31.3 Å². The molecule has 0 radical (unpaired) electrons. The predicted molar refractivity (Wildman–Crippen MR) is 88.4 cm³/mol. The molecule has 2 heterocycles. The number of amides is 2. The van der Waals surface area contributed by atoms with Crippen molar-refractivity contribution in [3.8, 4) is 0 Å².